The minimum absolute atomic E-state index is 0.198. The van der Waals surface area contributed by atoms with Crippen LogP contribution in [0, 0.1) is 5.82 Å². The standard InChI is InChI=1S/C22H22FN3O2S/c1-2-25-18-8-4-3-7-17(18)24-22(25)29-19-9-5-6-14-26(21(19)28)20(27)15-10-12-16(23)13-11-15/h3-4,7-8,10-13,19H,2,5-6,9,14H2,1H3/t19-/m0/s1. The summed E-state index contributed by atoms with van der Waals surface area (Å²) < 4.78 is 15.3. The summed E-state index contributed by atoms with van der Waals surface area (Å²) in [7, 11) is 0. The smallest absolute Gasteiger partial charge is 0.260 e. The van der Waals surface area contributed by atoms with E-state index in [1.807, 2.05) is 24.3 Å². The molecule has 1 aliphatic heterocycles. The summed E-state index contributed by atoms with van der Waals surface area (Å²) in [5.74, 6) is -0.973. The summed E-state index contributed by atoms with van der Waals surface area (Å²) in [4.78, 5) is 32.1. The maximum Gasteiger partial charge on any atom is 0.260 e. The highest BCUT2D eigenvalue weighted by Gasteiger charge is 2.33. The number of para-hydroxylation sites is 2. The number of aromatic nitrogens is 2. The molecule has 0 unspecified atom stereocenters. The Bertz CT molecular complexity index is 1050. The summed E-state index contributed by atoms with van der Waals surface area (Å²) in [5, 5.41) is 0.423. The largest absolute Gasteiger partial charge is 0.319 e. The van der Waals surface area contributed by atoms with Gasteiger partial charge in [-0.25, -0.2) is 9.37 Å². The number of hydrogen-bond acceptors (Lipinski definition) is 4. The molecule has 0 spiro atoms. The van der Waals surface area contributed by atoms with Gasteiger partial charge in [-0.15, -0.1) is 0 Å². The van der Waals surface area contributed by atoms with Crippen molar-refractivity contribution in [3.05, 3.63) is 59.9 Å². The van der Waals surface area contributed by atoms with Crippen LogP contribution >= 0.6 is 11.8 Å². The normalized spacial score (nSPS) is 17.5. The van der Waals surface area contributed by atoms with E-state index >= 15 is 0 Å². The zero-order valence-electron chi connectivity index (χ0n) is 16.2. The first-order valence-electron chi connectivity index (χ1n) is 9.81. The SMILES string of the molecule is CCn1c(S[C@H]2CCCCN(C(=O)c3ccc(F)cc3)C2=O)nc2ccccc21. The Hall–Kier alpha value is -2.67. The molecule has 3 aromatic rings. The van der Waals surface area contributed by atoms with Crippen molar-refractivity contribution in [3.63, 3.8) is 0 Å². The van der Waals surface area contributed by atoms with Crippen molar-refractivity contribution in [3.8, 4) is 0 Å². The first-order chi connectivity index (χ1) is 14.1. The van der Waals surface area contributed by atoms with E-state index < -0.39 is 5.82 Å². The molecule has 29 heavy (non-hydrogen) atoms. The molecular formula is C22H22FN3O2S. The second-order valence-electron chi connectivity index (χ2n) is 7.03. The number of carbonyl (C=O) groups is 2. The molecule has 1 fully saturated rings. The number of hydrogen-bond donors (Lipinski definition) is 0. The van der Waals surface area contributed by atoms with Gasteiger partial charge in [0, 0.05) is 18.7 Å². The molecule has 0 radical (unpaired) electrons. The van der Waals surface area contributed by atoms with Crippen molar-refractivity contribution >= 4 is 34.6 Å². The van der Waals surface area contributed by atoms with E-state index in [1.165, 1.54) is 40.9 Å². The third kappa shape index (κ3) is 3.92. The van der Waals surface area contributed by atoms with Gasteiger partial charge in [-0.3, -0.25) is 14.5 Å². The van der Waals surface area contributed by atoms with E-state index in [-0.39, 0.29) is 17.1 Å². The van der Waals surface area contributed by atoms with E-state index in [2.05, 4.69) is 11.5 Å². The van der Waals surface area contributed by atoms with Gasteiger partial charge in [-0.2, -0.15) is 0 Å². The molecule has 0 N–H and O–H groups in total. The number of thioether (sulfide) groups is 1. The minimum Gasteiger partial charge on any atom is -0.319 e. The molecule has 0 saturated carbocycles. The second-order valence-corrected chi connectivity index (χ2v) is 8.20. The summed E-state index contributed by atoms with van der Waals surface area (Å²) in [6.07, 6.45) is 2.33. The molecule has 2 amide bonds. The lowest BCUT2D eigenvalue weighted by Gasteiger charge is -2.22. The third-order valence-corrected chi connectivity index (χ3v) is 6.40. The van der Waals surface area contributed by atoms with Gasteiger partial charge in [0.15, 0.2) is 5.16 Å². The number of benzene rings is 2. The summed E-state index contributed by atoms with van der Waals surface area (Å²) >= 11 is 1.43. The second kappa shape index (κ2) is 8.37. The Morgan fingerprint density at radius 1 is 1.17 bits per heavy atom. The van der Waals surface area contributed by atoms with Gasteiger partial charge in [0.1, 0.15) is 5.82 Å². The molecule has 2 heterocycles. The zero-order chi connectivity index (χ0) is 20.4. The first-order valence-corrected chi connectivity index (χ1v) is 10.7. The van der Waals surface area contributed by atoms with E-state index in [0.29, 0.717) is 18.5 Å². The lowest BCUT2D eigenvalue weighted by molar-refractivity contribution is -0.127. The van der Waals surface area contributed by atoms with E-state index in [9.17, 15) is 14.0 Å². The van der Waals surface area contributed by atoms with Crippen molar-refractivity contribution in [2.45, 2.75) is 43.1 Å². The van der Waals surface area contributed by atoms with Gasteiger partial charge in [-0.05, 0) is 56.2 Å². The van der Waals surface area contributed by atoms with E-state index in [0.717, 1.165) is 35.6 Å². The number of halogens is 1. The molecule has 1 saturated heterocycles. The Morgan fingerprint density at radius 2 is 1.93 bits per heavy atom. The number of aryl methyl sites for hydroxylation is 1. The molecule has 0 bridgehead atoms. The van der Waals surface area contributed by atoms with Gasteiger partial charge in [0.05, 0.1) is 16.3 Å². The molecule has 4 rings (SSSR count). The maximum absolute atomic E-state index is 13.2. The Balaban J connectivity index is 1.60. The Kier molecular flexibility index (Phi) is 5.67. The quantitative estimate of drug-likeness (QED) is 0.593. The monoisotopic (exact) mass is 411 g/mol. The van der Waals surface area contributed by atoms with Gasteiger partial charge < -0.3 is 4.57 Å². The van der Waals surface area contributed by atoms with Crippen LogP contribution in [0.4, 0.5) is 4.39 Å². The van der Waals surface area contributed by atoms with Crippen molar-refractivity contribution in [2.24, 2.45) is 0 Å². The fourth-order valence-electron chi connectivity index (χ4n) is 3.64. The number of amides is 2. The van der Waals surface area contributed by atoms with Crippen LogP contribution in [0.15, 0.2) is 53.7 Å². The van der Waals surface area contributed by atoms with Crippen LogP contribution in [0.2, 0.25) is 0 Å². The van der Waals surface area contributed by atoms with Crippen LogP contribution in [0.5, 0.6) is 0 Å². The number of imide groups is 1. The molecule has 1 atom stereocenters. The van der Waals surface area contributed by atoms with Crippen molar-refractivity contribution in [2.75, 3.05) is 6.54 Å². The maximum atomic E-state index is 13.2. The van der Waals surface area contributed by atoms with Crippen molar-refractivity contribution in [1.29, 1.82) is 0 Å². The van der Waals surface area contributed by atoms with E-state index in [1.54, 1.807) is 0 Å². The number of carbonyl (C=O) groups excluding carboxylic acids is 2. The molecule has 7 heteroatoms. The number of nitrogens with zero attached hydrogens (tertiary/aromatic N) is 3. The molecular weight excluding hydrogens is 389 g/mol. The van der Waals surface area contributed by atoms with Gasteiger partial charge in [0.25, 0.3) is 5.91 Å². The van der Waals surface area contributed by atoms with Gasteiger partial charge >= 0.3 is 0 Å². The summed E-state index contributed by atoms with van der Waals surface area (Å²) in [6, 6.07) is 13.2. The fraction of sp³-hybridized carbons (Fsp3) is 0.318. The first kappa shape index (κ1) is 19.6. The lowest BCUT2D eigenvalue weighted by Crippen LogP contribution is -2.41. The minimum atomic E-state index is -0.407. The van der Waals surface area contributed by atoms with Crippen molar-refractivity contribution < 1.29 is 14.0 Å². The van der Waals surface area contributed by atoms with Crippen LogP contribution in [-0.4, -0.2) is 38.1 Å². The molecule has 150 valence electrons. The van der Waals surface area contributed by atoms with Gasteiger partial charge in [-0.1, -0.05) is 30.3 Å². The molecule has 1 aliphatic rings. The summed E-state index contributed by atoms with van der Waals surface area (Å²) in [5.41, 5.74) is 2.26. The zero-order valence-corrected chi connectivity index (χ0v) is 17.0. The highest BCUT2D eigenvalue weighted by Crippen LogP contribution is 2.32. The Labute approximate surface area is 172 Å². The average Bonchev–Trinajstić information content (AvgIpc) is 2.99. The Morgan fingerprint density at radius 3 is 2.69 bits per heavy atom. The van der Waals surface area contributed by atoms with Crippen molar-refractivity contribution in [1.82, 2.24) is 14.5 Å². The van der Waals surface area contributed by atoms with Crippen LogP contribution < -0.4 is 0 Å². The number of fused-ring (bicyclic) bond motifs is 1. The highest BCUT2D eigenvalue weighted by atomic mass is 32.2. The molecule has 2 aromatic carbocycles. The fourth-order valence-corrected chi connectivity index (χ4v) is 4.92. The number of likely N-dealkylation sites (tertiary alicyclic amines) is 1. The lowest BCUT2D eigenvalue weighted by atomic mass is 10.2. The third-order valence-electron chi connectivity index (χ3n) is 5.16. The van der Waals surface area contributed by atoms with Gasteiger partial charge in [0.2, 0.25) is 5.91 Å². The predicted molar refractivity (Wildman–Crippen MR) is 111 cm³/mol. The number of rotatable bonds is 4. The highest BCUT2D eigenvalue weighted by molar-refractivity contribution is 8.00. The molecule has 1 aromatic heterocycles. The predicted octanol–water partition coefficient (Wildman–Crippen LogP) is 4.51. The summed E-state index contributed by atoms with van der Waals surface area (Å²) in [6.45, 7) is 3.19. The molecule has 5 nitrogen and oxygen atoms in total. The molecule has 0 aliphatic carbocycles. The van der Waals surface area contributed by atoms with Crippen LogP contribution in [0.3, 0.4) is 0 Å². The average molecular weight is 412 g/mol. The van der Waals surface area contributed by atoms with Crippen LogP contribution in [0.1, 0.15) is 36.5 Å². The topological polar surface area (TPSA) is 55.2 Å². The number of imidazole rings is 1. The van der Waals surface area contributed by atoms with Crippen LogP contribution in [0.25, 0.3) is 11.0 Å². The van der Waals surface area contributed by atoms with E-state index in [4.69, 9.17) is 4.98 Å². The van der Waals surface area contributed by atoms with Crippen LogP contribution in [-0.2, 0) is 11.3 Å².